The van der Waals surface area contributed by atoms with Crippen molar-refractivity contribution in [3.63, 3.8) is 0 Å². The molecule has 0 radical (unpaired) electrons. The highest BCUT2D eigenvalue weighted by atomic mass is 16.5. The molecular formula is C23H26N3O4+. The van der Waals surface area contributed by atoms with Crippen LogP contribution in [0.4, 0.5) is 17.1 Å². The number of pyridine rings is 1. The maximum absolute atomic E-state index is 12.6. The molecule has 0 aliphatic carbocycles. The fourth-order valence-corrected chi connectivity index (χ4v) is 3.64. The van der Waals surface area contributed by atoms with Crippen LogP contribution in [0.1, 0.15) is 17.3 Å². The third kappa shape index (κ3) is 4.22. The average molecular weight is 408 g/mol. The SMILES string of the molecule is CCOC(=O)c1cnc2ccc(OC)cc2c1Nc1ccc([NH+]2CCOCC2)cc1. The van der Waals surface area contributed by atoms with Crippen LogP contribution in [0.5, 0.6) is 5.75 Å². The number of morpholine rings is 1. The smallest absolute Gasteiger partial charge is 0.341 e. The van der Waals surface area contributed by atoms with Crippen molar-refractivity contribution in [3.05, 3.63) is 54.2 Å². The van der Waals surface area contributed by atoms with E-state index < -0.39 is 5.97 Å². The second kappa shape index (κ2) is 9.11. The molecule has 0 saturated carbocycles. The molecule has 0 atom stereocenters. The van der Waals surface area contributed by atoms with E-state index in [0.29, 0.717) is 23.6 Å². The maximum Gasteiger partial charge on any atom is 0.341 e. The van der Waals surface area contributed by atoms with E-state index in [2.05, 4.69) is 22.4 Å². The number of methoxy groups -OCH3 is 1. The summed E-state index contributed by atoms with van der Waals surface area (Å²) in [7, 11) is 1.61. The van der Waals surface area contributed by atoms with Crippen LogP contribution in [0.25, 0.3) is 10.9 Å². The molecule has 2 N–H and O–H groups in total. The number of hydrogen-bond acceptors (Lipinski definition) is 6. The summed E-state index contributed by atoms with van der Waals surface area (Å²) in [6.07, 6.45) is 1.56. The number of carbonyl (C=O) groups is 1. The minimum atomic E-state index is -0.411. The number of carbonyl (C=O) groups excluding carboxylic acids is 1. The number of hydrogen-bond donors (Lipinski definition) is 2. The lowest BCUT2D eigenvalue weighted by atomic mass is 10.1. The van der Waals surface area contributed by atoms with Crippen LogP contribution >= 0.6 is 0 Å². The molecule has 30 heavy (non-hydrogen) atoms. The van der Waals surface area contributed by atoms with Crippen LogP contribution in [0.2, 0.25) is 0 Å². The fraction of sp³-hybridized carbons (Fsp3) is 0.304. The quantitative estimate of drug-likeness (QED) is 0.611. The van der Waals surface area contributed by atoms with E-state index in [0.717, 1.165) is 42.9 Å². The zero-order valence-electron chi connectivity index (χ0n) is 17.2. The molecule has 1 fully saturated rings. The van der Waals surface area contributed by atoms with Gasteiger partial charge in [-0.05, 0) is 37.3 Å². The van der Waals surface area contributed by atoms with Gasteiger partial charge in [0.05, 0.1) is 38.1 Å². The maximum atomic E-state index is 12.6. The number of aromatic nitrogens is 1. The molecular weight excluding hydrogens is 382 g/mol. The first-order chi connectivity index (χ1) is 14.7. The Morgan fingerprint density at radius 1 is 1.17 bits per heavy atom. The molecule has 1 aliphatic heterocycles. The minimum absolute atomic E-state index is 0.297. The van der Waals surface area contributed by atoms with Crippen LogP contribution < -0.4 is 15.0 Å². The number of rotatable bonds is 6. The van der Waals surface area contributed by atoms with E-state index in [1.165, 1.54) is 10.6 Å². The van der Waals surface area contributed by atoms with Gasteiger partial charge < -0.3 is 19.5 Å². The number of nitrogens with zero attached hydrogens (tertiary/aromatic N) is 1. The normalized spacial score (nSPS) is 14.5. The summed E-state index contributed by atoms with van der Waals surface area (Å²) < 4.78 is 16.1. The van der Waals surface area contributed by atoms with Gasteiger partial charge in [0.1, 0.15) is 30.1 Å². The number of fused-ring (bicyclic) bond motifs is 1. The van der Waals surface area contributed by atoms with Crippen LogP contribution in [0.3, 0.4) is 0 Å². The zero-order valence-corrected chi connectivity index (χ0v) is 17.2. The summed E-state index contributed by atoms with van der Waals surface area (Å²) in [6.45, 7) is 5.58. The van der Waals surface area contributed by atoms with Gasteiger partial charge in [-0.3, -0.25) is 9.88 Å². The molecule has 0 unspecified atom stereocenters. The lowest BCUT2D eigenvalue weighted by Crippen LogP contribution is -3.09. The Morgan fingerprint density at radius 2 is 1.93 bits per heavy atom. The number of quaternary nitrogens is 1. The van der Waals surface area contributed by atoms with Gasteiger partial charge in [0.15, 0.2) is 0 Å². The highest BCUT2D eigenvalue weighted by Crippen LogP contribution is 2.32. The topological polar surface area (TPSA) is 74.1 Å². The Hall–Kier alpha value is -3.16. The van der Waals surface area contributed by atoms with Crippen molar-refractivity contribution in [2.75, 3.05) is 45.3 Å². The average Bonchev–Trinajstić information content (AvgIpc) is 2.80. The monoisotopic (exact) mass is 408 g/mol. The van der Waals surface area contributed by atoms with Gasteiger partial charge in [-0.25, -0.2) is 4.79 Å². The molecule has 7 heteroatoms. The van der Waals surface area contributed by atoms with Crippen LogP contribution in [-0.2, 0) is 9.47 Å². The lowest BCUT2D eigenvalue weighted by molar-refractivity contribution is -0.842. The number of esters is 1. The third-order valence-electron chi connectivity index (χ3n) is 5.23. The summed E-state index contributed by atoms with van der Waals surface area (Å²) in [6, 6.07) is 13.9. The molecule has 0 bridgehead atoms. The van der Waals surface area contributed by atoms with E-state index in [1.807, 2.05) is 30.3 Å². The fourth-order valence-electron chi connectivity index (χ4n) is 3.64. The first-order valence-corrected chi connectivity index (χ1v) is 10.1. The number of nitrogens with one attached hydrogen (secondary N) is 2. The van der Waals surface area contributed by atoms with Gasteiger partial charge in [0.2, 0.25) is 0 Å². The largest absolute Gasteiger partial charge is 0.497 e. The molecule has 7 nitrogen and oxygen atoms in total. The van der Waals surface area contributed by atoms with Crippen molar-refractivity contribution in [2.45, 2.75) is 6.92 Å². The highest BCUT2D eigenvalue weighted by Gasteiger charge is 2.19. The van der Waals surface area contributed by atoms with Crippen molar-refractivity contribution >= 4 is 33.9 Å². The van der Waals surface area contributed by atoms with Crippen molar-refractivity contribution in [2.24, 2.45) is 0 Å². The number of benzene rings is 2. The molecule has 1 aliphatic rings. The van der Waals surface area contributed by atoms with E-state index in [9.17, 15) is 4.79 Å². The van der Waals surface area contributed by atoms with Gasteiger partial charge in [-0.1, -0.05) is 0 Å². The van der Waals surface area contributed by atoms with E-state index in [4.69, 9.17) is 14.2 Å². The Bertz CT molecular complexity index is 1030. The summed E-state index contributed by atoms with van der Waals surface area (Å²) in [5.74, 6) is 0.284. The lowest BCUT2D eigenvalue weighted by Gasteiger charge is -2.23. The van der Waals surface area contributed by atoms with Crippen LogP contribution in [-0.4, -0.2) is 51.0 Å². The minimum Gasteiger partial charge on any atom is -0.497 e. The molecule has 2 aromatic carbocycles. The third-order valence-corrected chi connectivity index (χ3v) is 5.23. The molecule has 156 valence electrons. The van der Waals surface area contributed by atoms with E-state index in [-0.39, 0.29) is 0 Å². The first kappa shape index (κ1) is 20.1. The molecule has 1 saturated heterocycles. The summed E-state index contributed by atoms with van der Waals surface area (Å²) in [4.78, 5) is 18.4. The molecule has 0 spiro atoms. The summed E-state index contributed by atoms with van der Waals surface area (Å²) >= 11 is 0. The van der Waals surface area contributed by atoms with E-state index in [1.54, 1.807) is 20.2 Å². The van der Waals surface area contributed by atoms with Gasteiger partial charge in [-0.2, -0.15) is 0 Å². The number of ether oxygens (including phenoxy) is 3. The molecule has 3 aromatic rings. The van der Waals surface area contributed by atoms with Gasteiger partial charge in [-0.15, -0.1) is 0 Å². The standard InChI is InChI=1S/C23H25N3O4/c1-3-30-23(27)20-15-24-21-9-8-18(28-2)14-19(21)22(20)25-16-4-6-17(7-5-16)26-10-12-29-13-11-26/h4-9,14-15H,3,10-13H2,1-2H3,(H,24,25)/p+1. The number of anilines is 2. The predicted molar refractivity (Wildman–Crippen MR) is 115 cm³/mol. The highest BCUT2D eigenvalue weighted by molar-refractivity contribution is 6.06. The van der Waals surface area contributed by atoms with Crippen LogP contribution in [0.15, 0.2) is 48.7 Å². The van der Waals surface area contributed by atoms with Crippen molar-refractivity contribution in [1.29, 1.82) is 0 Å². The zero-order chi connectivity index (χ0) is 20.9. The second-order valence-electron chi connectivity index (χ2n) is 7.07. The van der Waals surface area contributed by atoms with Crippen molar-refractivity contribution in [3.8, 4) is 5.75 Å². The molecule has 4 rings (SSSR count). The van der Waals surface area contributed by atoms with Crippen molar-refractivity contribution < 1.29 is 23.9 Å². The van der Waals surface area contributed by atoms with Gasteiger partial charge >= 0.3 is 5.97 Å². The Kier molecular flexibility index (Phi) is 6.11. The molecule has 2 heterocycles. The Balaban J connectivity index is 1.70. The summed E-state index contributed by atoms with van der Waals surface area (Å²) in [5.41, 5.74) is 3.92. The Morgan fingerprint density at radius 3 is 2.63 bits per heavy atom. The van der Waals surface area contributed by atoms with E-state index >= 15 is 0 Å². The Labute approximate surface area is 175 Å². The molecule has 1 aromatic heterocycles. The second-order valence-corrected chi connectivity index (χ2v) is 7.07. The first-order valence-electron chi connectivity index (χ1n) is 10.1. The van der Waals surface area contributed by atoms with Crippen molar-refractivity contribution in [1.82, 2.24) is 4.98 Å². The van der Waals surface area contributed by atoms with Crippen LogP contribution in [0, 0.1) is 0 Å². The molecule has 0 amide bonds. The van der Waals surface area contributed by atoms with Gasteiger partial charge in [0, 0.05) is 29.4 Å². The van der Waals surface area contributed by atoms with Gasteiger partial charge in [0.25, 0.3) is 0 Å². The summed E-state index contributed by atoms with van der Waals surface area (Å²) in [5, 5.41) is 4.20. The predicted octanol–water partition coefficient (Wildman–Crippen LogP) is 2.71.